The summed E-state index contributed by atoms with van der Waals surface area (Å²) in [6, 6.07) is 15.6. The van der Waals surface area contributed by atoms with Crippen LogP contribution >= 0.6 is 23.4 Å². The SMILES string of the molecule is Cc1ccc(-n2cnnc2SCc2nc(-c3ccccc3)no2)cc1Cl. The molecule has 0 saturated heterocycles. The summed E-state index contributed by atoms with van der Waals surface area (Å²) in [5.41, 5.74) is 2.85. The average Bonchev–Trinajstić information content (AvgIpc) is 3.32. The Morgan fingerprint density at radius 3 is 2.81 bits per heavy atom. The van der Waals surface area contributed by atoms with Gasteiger partial charge in [0.05, 0.1) is 11.4 Å². The summed E-state index contributed by atoms with van der Waals surface area (Å²) in [5.74, 6) is 1.61. The van der Waals surface area contributed by atoms with Crippen molar-refractivity contribution in [3.63, 3.8) is 0 Å². The molecule has 4 rings (SSSR count). The molecule has 0 spiro atoms. The van der Waals surface area contributed by atoms with Crippen LogP contribution in [0.15, 0.2) is 64.5 Å². The number of aryl methyl sites for hydroxylation is 1. The normalized spacial score (nSPS) is 11.0. The molecule has 6 nitrogen and oxygen atoms in total. The van der Waals surface area contributed by atoms with E-state index in [1.807, 2.05) is 60.0 Å². The Bertz CT molecular complexity index is 1030. The van der Waals surface area contributed by atoms with Crippen molar-refractivity contribution in [2.24, 2.45) is 0 Å². The number of nitrogens with zero attached hydrogens (tertiary/aromatic N) is 5. The zero-order valence-electron chi connectivity index (χ0n) is 13.8. The van der Waals surface area contributed by atoms with E-state index in [1.54, 1.807) is 6.33 Å². The smallest absolute Gasteiger partial charge is 0.237 e. The van der Waals surface area contributed by atoms with Gasteiger partial charge >= 0.3 is 0 Å². The van der Waals surface area contributed by atoms with Crippen LogP contribution in [-0.2, 0) is 5.75 Å². The molecule has 4 aromatic rings. The molecule has 0 fully saturated rings. The minimum Gasteiger partial charge on any atom is -0.338 e. The predicted molar refractivity (Wildman–Crippen MR) is 100 cm³/mol. The van der Waals surface area contributed by atoms with Gasteiger partial charge in [-0.1, -0.05) is 64.9 Å². The molecule has 0 aliphatic heterocycles. The Labute approximate surface area is 159 Å². The fraction of sp³-hybridized carbons (Fsp3) is 0.111. The molecular formula is C18H14ClN5OS. The molecule has 0 unspecified atom stereocenters. The van der Waals surface area contributed by atoms with E-state index in [9.17, 15) is 0 Å². The molecule has 0 bridgehead atoms. The Morgan fingerprint density at radius 1 is 1.15 bits per heavy atom. The Balaban J connectivity index is 1.50. The minimum absolute atomic E-state index is 0.498. The van der Waals surface area contributed by atoms with E-state index in [1.165, 1.54) is 11.8 Å². The highest BCUT2D eigenvalue weighted by Crippen LogP contribution is 2.26. The van der Waals surface area contributed by atoms with Gasteiger partial charge in [0.2, 0.25) is 11.7 Å². The molecule has 2 aromatic heterocycles. The van der Waals surface area contributed by atoms with Crippen LogP contribution in [0.2, 0.25) is 5.02 Å². The quantitative estimate of drug-likeness (QED) is 0.470. The number of thioether (sulfide) groups is 1. The monoisotopic (exact) mass is 383 g/mol. The third-order valence-corrected chi connectivity index (χ3v) is 5.11. The van der Waals surface area contributed by atoms with Crippen LogP contribution in [0.1, 0.15) is 11.5 Å². The Hall–Kier alpha value is -2.64. The average molecular weight is 384 g/mol. The number of rotatable bonds is 5. The summed E-state index contributed by atoms with van der Waals surface area (Å²) in [5, 5.41) is 13.6. The number of halogens is 1. The molecule has 0 amide bonds. The van der Waals surface area contributed by atoms with Crippen molar-refractivity contribution < 1.29 is 4.52 Å². The van der Waals surface area contributed by atoms with Gasteiger partial charge in [0.1, 0.15) is 6.33 Å². The third-order valence-electron chi connectivity index (χ3n) is 3.77. The van der Waals surface area contributed by atoms with Gasteiger partial charge in [-0.15, -0.1) is 10.2 Å². The highest BCUT2D eigenvalue weighted by atomic mass is 35.5. The molecule has 0 aliphatic rings. The van der Waals surface area contributed by atoms with Crippen LogP contribution in [0, 0.1) is 6.92 Å². The van der Waals surface area contributed by atoms with E-state index in [0.717, 1.165) is 22.0 Å². The second kappa shape index (κ2) is 7.31. The highest BCUT2D eigenvalue weighted by Gasteiger charge is 2.13. The van der Waals surface area contributed by atoms with E-state index in [-0.39, 0.29) is 0 Å². The lowest BCUT2D eigenvalue weighted by molar-refractivity contribution is 0.391. The predicted octanol–water partition coefficient (Wildman–Crippen LogP) is 4.57. The molecule has 2 aromatic carbocycles. The first-order valence-electron chi connectivity index (χ1n) is 7.88. The van der Waals surface area contributed by atoms with Gasteiger partial charge in [-0.05, 0) is 24.6 Å². The maximum Gasteiger partial charge on any atom is 0.237 e. The summed E-state index contributed by atoms with van der Waals surface area (Å²) >= 11 is 7.69. The van der Waals surface area contributed by atoms with Crippen LogP contribution in [0.25, 0.3) is 17.1 Å². The van der Waals surface area contributed by atoms with Crippen molar-refractivity contribution >= 4 is 23.4 Å². The van der Waals surface area contributed by atoms with Crippen molar-refractivity contribution in [1.82, 2.24) is 24.9 Å². The van der Waals surface area contributed by atoms with Gasteiger partial charge in [0, 0.05) is 10.6 Å². The molecule has 26 heavy (non-hydrogen) atoms. The summed E-state index contributed by atoms with van der Waals surface area (Å²) in [7, 11) is 0. The van der Waals surface area contributed by atoms with E-state index in [0.29, 0.717) is 22.5 Å². The van der Waals surface area contributed by atoms with Crippen LogP contribution < -0.4 is 0 Å². The minimum atomic E-state index is 0.498. The van der Waals surface area contributed by atoms with Crippen molar-refractivity contribution in [3.05, 3.63) is 71.3 Å². The largest absolute Gasteiger partial charge is 0.338 e. The van der Waals surface area contributed by atoms with Gasteiger partial charge in [-0.25, -0.2) is 0 Å². The maximum absolute atomic E-state index is 6.22. The molecule has 0 N–H and O–H groups in total. The lowest BCUT2D eigenvalue weighted by atomic mass is 10.2. The summed E-state index contributed by atoms with van der Waals surface area (Å²) in [6.45, 7) is 1.97. The molecule has 0 atom stereocenters. The van der Waals surface area contributed by atoms with Crippen molar-refractivity contribution in [1.29, 1.82) is 0 Å². The zero-order valence-corrected chi connectivity index (χ0v) is 15.4. The lowest BCUT2D eigenvalue weighted by Crippen LogP contribution is -1.96. The van der Waals surface area contributed by atoms with Crippen LogP contribution in [-0.4, -0.2) is 24.9 Å². The van der Waals surface area contributed by atoms with Gasteiger partial charge in [0.25, 0.3) is 0 Å². The van der Waals surface area contributed by atoms with Gasteiger partial charge in [-0.3, -0.25) is 4.57 Å². The van der Waals surface area contributed by atoms with Crippen molar-refractivity contribution in [3.8, 4) is 17.1 Å². The van der Waals surface area contributed by atoms with Crippen molar-refractivity contribution in [2.45, 2.75) is 17.8 Å². The molecule has 0 saturated carbocycles. The van der Waals surface area contributed by atoms with Crippen LogP contribution in [0.3, 0.4) is 0 Å². The van der Waals surface area contributed by atoms with E-state index >= 15 is 0 Å². The van der Waals surface area contributed by atoms with E-state index < -0.39 is 0 Å². The van der Waals surface area contributed by atoms with Gasteiger partial charge in [0.15, 0.2) is 5.16 Å². The fourth-order valence-corrected chi connectivity index (χ4v) is 3.32. The fourth-order valence-electron chi connectivity index (χ4n) is 2.38. The maximum atomic E-state index is 6.22. The third kappa shape index (κ3) is 3.49. The van der Waals surface area contributed by atoms with Gasteiger partial charge < -0.3 is 4.52 Å². The van der Waals surface area contributed by atoms with E-state index in [4.69, 9.17) is 16.1 Å². The lowest BCUT2D eigenvalue weighted by Gasteiger charge is -2.07. The highest BCUT2D eigenvalue weighted by molar-refractivity contribution is 7.98. The first-order valence-corrected chi connectivity index (χ1v) is 9.24. The summed E-state index contributed by atoms with van der Waals surface area (Å²) in [6.07, 6.45) is 1.66. The first kappa shape index (κ1) is 16.8. The summed E-state index contributed by atoms with van der Waals surface area (Å²) < 4.78 is 7.22. The number of aromatic nitrogens is 5. The van der Waals surface area contributed by atoms with E-state index in [2.05, 4.69) is 20.3 Å². The topological polar surface area (TPSA) is 69.6 Å². The van der Waals surface area contributed by atoms with Crippen LogP contribution in [0.5, 0.6) is 0 Å². The Kier molecular flexibility index (Phi) is 4.73. The van der Waals surface area contributed by atoms with Gasteiger partial charge in [-0.2, -0.15) is 4.98 Å². The molecule has 0 aliphatic carbocycles. The standard InChI is InChI=1S/C18H14ClN5OS/c1-12-7-8-14(9-15(12)19)24-11-20-22-18(24)26-10-16-21-17(23-25-16)13-5-3-2-4-6-13/h2-9,11H,10H2,1H3. The zero-order chi connectivity index (χ0) is 17.9. The molecule has 2 heterocycles. The van der Waals surface area contributed by atoms with Crippen molar-refractivity contribution in [2.75, 3.05) is 0 Å². The number of hydrogen-bond acceptors (Lipinski definition) is 6. The first-order chi connectivity index (χ1) is 12.7. The second-order valence-corrected chi connectivity index (χ2v) is 6.93. The molecule has 0 radical (unpaired) electrons. The molecule has 8 heteroatoms. The molecule has 130 valence electrons. The van der Waals surface area contributed by atoms with Crippen LogP contribution in [0.4, 0.5) is 0 Å². The number of hydrogen-bond donors (Lipinski definition) is 0. The Morgan fingerprint density at radius 2 is 2.00 bits per heavy atom. The summed E-state index contributed by atoms with van der Waals surface area (Å²) in [4.78, 5) is 4.43. The molecular weight excluding hydrogens is 370 g/mol. The number of benzene rings is 2. The second-order valence-electron chi connectivity index (χ2n) is 5.58.